The number of hydrogen-bond acceptors (Lipinski definition) is 6. The van der Waals surface area contributed by atoms with Crippen LogP contribution in [0.2, 0.25) is 0 Å². The quantitative estimate of drug-likeness (QED) is 0.795. The second-order valence-electron chi connectivity index (χ2n) is 3.60. The van der Waals surface area contributed by atoms with Crippen LogP contribution < -0.4 is 5.73 Å². The van der Waals surface area contributed by atoms with Crippen LogP contribution in [0, 0.1) is 0 Å². The number of para-hydroxylation sites is 1. The molecule has 1 aromatic carbocycles. The Balaban J connectivity index is 1.86. The van der Waals surface area contributed by atoms with Crippen LogP contribution in [0.1, 0.15) is 5.69 Å². The van der Waals surface area contributed by atoms with E-state index in [1.165, 1.54) is 16.5 Å². The molecule has 0 aliphatic heterocycles. The Kier molecular flexibility index (Phi) is 3.22. The van der Waals surface area contributed by atoms with Crippen molar-refractivity contribution in [3.05, 3.63) is 42.4 Å². The molecule has 6 heteroatoms. The summed E-state index contributed by atoms with van der Waals surface area (Å²) in [6, 6.07) is 8.09. The van der Waals surface area contributed by atoms with E-state index in [2.05, 4.69) is 21.0 Å². The lowest BCUT2D eigenvalue weighted by atomic mass is 10.3. The molecule has 0 aliphatic rings. The first-order valence-electron chi connectivity index (χ1n) is 5.39. The predicted molar refractivity (Wildman–Crippen MR) is 73.7 cm³/mol. The van der Waals surface area contributed by atoms with Gasteiger partial charge in [-0.3, -0.25) is 4.98 Å². The number of nitrogens with zero attached hydrogens (tertiary/aromatic N) is 3. The smallest absolute Gasteiger partial charge is 0.157 e. The van der Waals surface area contributed by atoms with Crippen LogP contribution in [0.5, 0.6) is 0 Å². The largest absolute Gasteiger partial charge is 0.325 e. The molecule has 90 valence electrons. The molecule has 0 atom stereocenters. The Bertz CT molecular complexity index is 630. The third kappa shape index (κ3) is 2.35. The molecule has 0 bridgehead atoms. The zero-order valence-corrected chi connectivity index (χ0v) is 11.0. The number of fused-ring (bicyclic) bond motifs is 1. The van der Waals surface area contributed by atoms with Gasteiger partial charge in [-0.2, -0.15) is 0 Å². The fourth-order valence-electron chi connectivity index (χ4n) is 1.49. The van der Waals surface area contributed by atoms with Crippen LogP contribution in [0.4, 0.5) is 0 Å². The molecule has 0 saturated heterocycles. The first kappa shape index (κ1) is 11.6. The van der Waals surface area contributed by atoms with E-state index < -0.39 is 0 Å². The van der Waals surface area contributed by atoms with Crippen molar-refractivity contribution in [2.45, 2.75) is 15.9 Å². The molecule has 3 rings (SSSR count). The van der Waals surface area contributed by atoms with Gasteiger partial charge in [0.05, 0.1) is 28.3 Å². The first-order valence-corrected chi connectivity index (χ1v) is 7.03. The standard InChI is InChI=1S/C12H10N4S2/c13-5-8-6-15-11(7-14-8)18-12-16-9-3-1-2-4-10(9)17-12/h1-4,6-7H,5,13H2. The van der Waals surface area contributed by atoms with E-state index in [0.717, 1.165) is 20.6 Å². The SMILES string of the molecule is NCc1cnc(Sc2nc3ccccc3s2)cn1. The summed E-state index contributed by atoms with van der Waals surface area (Å²) in [5.41, 5.74) is 7.30. The predicted octanol–water partition coefficient (Wildman–Crippen LogP) is 2.70. The summed E-state index contributed by atoms with van der Waals surface area (Å²) < 4.78 is 2.16. The zero-order chi connectivity index (χ0) is 12.4. The van der Waals surface area contributed by atoms with E-state index >= 15 is 0 Å². The van der Waals surface area contributed by atoms with Crippen molar-refractivity contribution in [2.75, 3.05) is 0 Å². The molecular weight excluding hydrogens is 264 g/mol. The lowest BCUT2D eigenvalue weighted by molar-refractivity contribution is 0.923. The van der Waals surface area contributed by atoms with Crippen molar-refractivity contribution >= 4 is 33.3 Å². The average Bonchev–Trinajstić information content (AvgIpc) is 2.82. The molecule has 2 N–H and O–H groups in total. The number of rotatable bonds is 3. The minimum absolute atomic E-state index is 0.416. The van der Waals surface area contributed by atoms with Gasteiger partial charge in [0, 0.05) is 6.54 Å². The molecule has 4 nitrogen and oxygen atoms in total. The van der Waals surface area contributed by atoms with E-state index in [4.69, 9.17) is 5.73 Å². The van der Waals surface area contributed by atoms with Gasteiger partial charge in [0.25, 0.3) is 0 Å². The van der Waals surface area contributed by atoms with Gasteiger partial charge < -0.3 is 5.73 Å². The van der Waals surface area contributed by atoms with Crippen molar-refractivity contribution in [1.29, 1.82) is 0 Å². The second-order valence-corrected chi connectivity index (χ2v) is 5.90. The molecule has 0 fully saturated rings. The van der Waals surface area contributed by atoms with Gasteiger partial charge in [-0.1, -0.05) is 12.1 Å². The van der Waals surface area contributed by atoms with Gasteiger partial charge in [0.2, 0.25) is 0 Å². The molecule has 2 aromatic heterocycles. The lowest BCUT2D eigenvalue weighted by Gasteiger charge is -1.97. The Morgan fingerprint density at radius 1 is 1.17 bits per heavy atom. The van der Waals surface area contributed by atoms with Crippen molar-refractivity contribution in [1.82, 2.24) is 15.0 Å². The molecule has 0 aliphatic carbocycles. The summed E-state index contributed by atoms with van der Waals surface area (Å²) in [4.78, 5) is 13.1. The maximum Gasteiger partial charge on any atom is 0.157 e. The van der Waals surface area contributed by atoms with E-state index in [1.54, 1.807) is 23.7 Å². The number of benzene rings is 1. The minimum atomic E-state index is 0.416. The van der Waals surface area contributed by atoms with Crippen LogP contribution >= 0.6 is 23.1 Å². The molecule has 2 heterocycles. The van der Waals surface area contributed by atoms with Crippen LogP contribution in [0.25, 0.3) is 10.2 Å². The van der Waals surface area contributed by atoms with Gasteiger partial charge in [-0.15, -0.1) is 11.3 Å². The minimum Gasteiger partial charge on any atom is -0.325 e. The van der Waals surface area contributed by atoms with Crippen molar-refractivity contribution < 1.29 is 0 Å². The third-order valence-corrected chi connectivity index (χ3v) is 4.37. The maximum atomic E-state index is 5.48. The first-order chi connectivity index (χ1) is 8.85. The normalized spacial score (nSPS) is 10.9. The van der Waals surface area contributed by atoms with Gasteiger partial charge in [-0.05, 0) is 23.9 Å². The second kappa shape index (κ2) is 5.01. The van der Waals surface area contributed by atoms with Crippen LogP contribution in [0.3, 0.4) is 0 Å². The highest BCUT2D eigenvalue weighted by Crippen LogP contribution is 2.32. The van der Waals surface area contributed by atoms with E-state index in [9.17, 15) is 0 Å². The fraction of sp³-hybridized carbons (Fsp3) is 0.0833. The highest BCUT2D eigenvalue weighted by Gasteiger charge is 2.06. The number of thiazole rings is 1. The number of aromatic nitrogens is 3. The number of hydrogen-bond donors (Lipinski definition) is 1. The topological polar surface area (TPSA) is 64.7 Å². The Hall–Kier alpha value is -1.50. The van der Waals surface area contributed by atoms with Crippen molar-refractivity contribution in [2.24, 2.45) is 5.73 Å². The van der Waals surface area contributed by atoms with Crippen molar-refractivity contribution in [3.63, 3.8) is 0 Å². The molecule has 0 saturated carbocycles. The molecule has 18 heavy (non-hydrogen) atoms. The molecular formula is C12H10N4S2. The Labute approximate surface area is 112 Å². The van der Waals surface area contributed by atoms with Gasteiger partial charge >= 0.3 is 0 Å². The Morgan fingerprint density at radius 3 is 2.78 bits per heavy atom. The van der Waals surface area contributed by atoms with Gasteiger partial charge in [0.15, 0.2) is 4.34 Å². The summed E-state index contributed by atoms with van der Waals surface area (Å²) >= 11 is 3.19. The average molecular weight is 274 g/mol. The maximum absolute atomic E-state index is 5.48. The van der Waals surface area contributed by atoms with E-state index in [0.29, 0.717) is 6.54 Å². The summed E-state index contributed by atoms with van der Waals surface area (Å²) in [5, 5.41) is 0.839. The third-order valence-electron chi connectivity index (χ3n) is 2.36. The van der Waals surface area contributed by atoms with E-state index in [-0.39, 0.29) is 0 Å². The van der Waals surface area contributed by atoms with Gasteiger partial charge in [-0.25, -0.2) is 9.97 Å². The summed E-state index contributed by atoms with van der Waals surface area (Å²) in [6.07, 6.45) is 3.44. The fourth-order valence-corrected chi connectivity index (χ4v) is 3.41. The van der Waals surface area contributed by atoms with Crippen LogP contribution in [-0.4, -0.2) is 15.0 Å². The molecule has 0 amide bonds. The van der Waals surface area contributed by atoms with Gasteiger partial charge in [0.1, 0.15) is 5.03 Å². The monoisotopic (exact) mass is 274 g/mol. The highest BCUT2D eigenvalue weighted by atomic mass is 32.2. The molecule has 0 radical (unpaired) electrons. The lowest BCUT2D eigenvalue weighted by Crippen LogP contribution is -1.99. The summed E-state index contributed by atoms with van der Waals surface area (Å²) in [7, 11) is 0. The zero-order valence-electron chi connectivity index (χ0n) is 9.41. The van der Waals surface area contributed by atoms with E-state index in [1.807, 2.05) is 18.2 Å². The highest BCUT2D eigenvalue weighted by molar-refractivity contribution is 8.01. The molecule has 0 unspecified atom stereocenters. The van der Waals surface area contributed by atoms with Crippen LogP contribution in [-0.2, 0) is 6.54 Å². The van der Waals surface area contributed by atoms with Crippen LogP contribution in [0.15, 0.2) is 46.0 Å². The number of nitrogens with two attached hydrogens (primary N) is 1. The molecule has 3 aromatic rings. The molecule has 0 spiro atoms. The van der Waals surface area contributed by atoms with Crippen molar-refractivity contribution in [3.8, 4) is 0 Å². The summed E-state index contributed by atoms with van der Waals surface area (Å²) in [5.74, 6) is 0. The summed E-state index contributed by atoms with van der Waals surface area (Å²) in [6.45, 7) is 0.416. The Morgan fingerprint density at radius 2 is 2.06 bits per heavy atom.